The number of hydrogen-bond donors (Lipinski definition) is 1. The molecule has 5 nitrogen and oxygen atoms in total. The molecule has 1 amide bonds. The average molecular weight is 359 g/mol. The Kier molecular flexibility index (Phi) is 6.66. The number of carbonyl (C=O) groups excluding carboxylic acids is 1. The van der Waals surface area contributed by atoms with Crippen LogP contribution in [0.3, 0.4) is 0 Å². The lowest BCUT2D eigenvalue weighted by atomic mass is 10.2. The van der Waals surface area contributed by atoms with E-state index in [4.69, 9.17) is 0 Å². The van der Waals surface area contributed by atoms with Crippen LogP contribution < -0.4 is 10.1 Å². The molecule has 0 saturated carbocycles. The number of hydrogen-bond acceptors (Lipinski definition) is 4. The summed E-state index contributed by atoms with van der Waals surface area (Å²) in [6, 6.07) is 4.85. The van der Waals surface area contributed by atoms with E-state index in [1.165, 1.54) is 24.3 Å². The van der Waals surface area contributed by atoms with Crippen LogP contribution in [0, 0.1) is 0 Å². The Morgan fingerprint density at radius 3 is 2.32 bits per heavy atom. The van der Waals surface area contributed by atoms with Gasteiger partial charge < -0.3 is 15.0 Å². The van der Waals surface area contributed by atoms with Gasteiger partial charge in [0.15, 0.2) is 0 Å². The molecule has 140 valence electrons. The smallest absolute Gasteiger partial charge is 0.406 e. The molecular formula is C17H24F3N3O2. The van der Waals surface area contributed by atoms with Crippen molar-refractivity contribution in [1.82, 2.24) is 9.80 Å². The van der Waals surface area contributed by atoms with E-state index in [1.807, 2.05) is 6.92 Å². The Bertz CT molecular complexity index is 555. The highest BCUT2D eigenvalue weighted by atomic mass is 19.4. The first-order chi connectivity index (χ1) is 11.8. The zero-order valence-electron chi connectivity index (χ0n) is 14.5. The second-order valence-corrected chi connectivity index (χ2v) is 6.12. The van der Waals surface area contributed by atoms with Crippen molar-refractivity contribution in [2.45, 2.75) is 32.7 Å². The summed E-state index contributed by atoms with van der Waals surface area (Å²) < 4.78 is 40.2. The lowest BCUT2D eigenvalue weighted by molar-refractivity contribution is -0.274. The zero-order valence-corrected chi connectivity index (χ0v) is 14.5. The van der Waals surface area contributed by atoms with Gasteiger partial charge in [-0.3, -0.25) is 9.69 Å². The van der Waals surface area contributed by atoms with Crippen LogP contribution in [0.4, 0.5) is 18.9 Å². The summed E-state index contributed by atoms with van der Waals surface area (Å²) in [5, 5.41) is 2.73. The van der Waals surface area contributed by atoms with E-state index in [-0.39, 0.29) is 17.7 Å². The predicted octanol–water partition coefficient (Wildman–Crippen LogP) is 2.94. The SMILES string of the molecule is CCCN1CCN(C(C)C(=O)Nc2ccc(OC(F)(F)F)cc2)CC1. The van der Waals surface area contributed by atoms with Gasteiger partial charge >= 0.3 is 6.36 Å². The molecule has 1 fully saturated rings. The minimum atomic E-state index is -4.72. The maximum atomic E-state index is 12.4. The maximum Gasteiger partial charge on any atom is 0.573 e. The molecule has 1 N–H and O–H groups in total. The monoisotopic (exact) mass is 359 g/mol. The molecule has 0 aromatic heterocycles. The maximum absolute atomic E-state index is 12.4. The number of ether oxygens (including phenoxy) is 1. The number of benzene rings is 1. The number of amides is 1. The number of nitrogens with zero attached hydrogens (tertiary/aromatic N) is 2. The van der Waals surface area contributed by atoms with Gasteiger partial charge in [0.1, 0.15) is 5.75 Å². The standard InChI is InChI=1S/C17H24F3N3O2/c1-3-8-22-9-11-23(12-10-22)13(2)16(24)21-14-4-6-15(7-5-14)25-17(18,19)20/h4-7,13H,3,8-12H2,1-2H3,(H,21,24). The first kappa shape index (κ1) is 19.5. The van der Waals surface area contributed by atoms with Crippen molar-refractivity contribution >= 4 is 11.6 Å². The van der Waals surface area contributed by atoms with Crippen LogP contribution in [0.2, 0.25) is 0 Å². The molecule has 0 bridgehead atoms. The number of alkyl halides is 3. The summed E-state index contributed by atoms with van der Waals surface area (Å²) in [6.07, 6.45) is -3.61. The Morgan fingerprint density at radius 1 is 1.20 bits per heavy atom. The van der Waals surface area contributed by atoms with Gasteiger partial charge in [-0.2, -0.15) is 0 Å². The fourth-order valence-electron chi connectivity index (χ4n) is 2.84. The normalized spacial score (nSPS) is 18.0. The summed E-state index contributed by atoms with van der Waals surface area (Å²) >= 11 is 0. The Balaban J connectivity index is 1.85. The van der Waals surface area contributed by atoms with Gasteiger partial charge in [0.2, 0.25) is 5.91 Å². The van der Waals surface area contributed by atoms with Gasteiger partial charge in [-0.15, -0.1) is 13.2 Å². The molecule has 1 heterocycles. The van der Waals surface area contributed by atoms with Crippen molar-refractivity contribution in [2.24, 2.45) is 0 Å². The fraction of sp³-hybridized carbons (Fsp3) is 0.588. The van der Waals surface area contributed by atoms with Crippen LogP contribution in [0.1, 0.15) is 20.3 Å². The lowest BCUT2D eigenvalue weighted by Crippen LogP contribution is -2.52. The van der Waals surface area contributed by atoms with E-state index in [0.717, 1.165) is 39.1 Å². The minimum Gasteiger partial charge on any atom is -0.406 e. The summed E-state index contributed by atoms with van der Waals surface area (Å²) in [4.78, 5) is 16.8. The minimum absolute atomic E-state index is 0.173. The van der Waals surface area contributed by atoms with Crippen LogP contribution >= 0.6 is 0 Å². The van der Waals surface area contributed by atoms with E-state index in [1.54, 1.807) is 0 Å². The highest BCUT2D eigenvalue weighted by molar-refractivity contribution is 5.94. The molecule has 1 aromatic rings. The molecule has 1 unspecified atom stereocenters. The summed E-state index contributed by atoms with van der Waals surface area (Å²) in [5.74, 6) is -0.487. The number of nitrogens with one attached hydrogen (secondary N) is 1. The molecule has 0 aliphatic carbocycles. The number of halogens is 3. The number of carbonyl (C=O) groups is 1. The Hall–Kier alpha value is -1.80. The van der Waals surface area contributed by atoms with Gasteiger partial charge in [-0.1, -0.05) is 6.92 Å². The van der Waals surface area contributed by atoms with Crippen molar-refractivity contribution in [2.75, 3.05) is 38.0 Å². The topological polar surface area (TPSA) is 44.8 Å². The van der Waals surface area contributed by atoms with Crippen molar-refractivity contribution < 1.29 is 22.7 Å². The van der Waals surface area contributed by atoms with Gasteiger partial charge in [-0.05, 0) is 44.2 Å². The summed E-state index contributed by atoms with van der Waals surface area (Å²) in [6.45, 7) is 8.59. The number of piperazine rings is 1. The number of anilines is 1. The number of rotatable bonds is 6. The predicted molar refractivity (Wildman–Crippen MR) is 89.5 cm³/mol. The van der Waals surface area contributed by atoms with Crippen LogP contribution in [0.5, 0.6) is 5.75 Å². The van der Waals surface area contributed by atoms with Crippen LogP contribution in [-0.4, -0.2) is 60.8 Å². The van der Waals surface area contributed by atoms with Gasteiger partial charge in [0.05, 0.1) is 6.04 Å². The Morgan fingerprint density at radius 2 is 1.80 bits per heavy atom. The van der Waals surface area contributed by atoms with E-state index in [2.05, 4.69) is 26.8 Å². The second-order valence-electron chi connectivity index (χ2n) is 6.12. The van der Waals surface area contributed by atoms with Crippen molar-refractivity contribution in [3.8, 4) is 5.75 Å². The molecule has 2 rings (SSSR count). The first-order valence-electron chi connectivity index (χ1n) is 8.41. The largest absolute Gasteiger partial charge is 0.573 e. The molecule has 1 aromatic carbocycles. The highest BCUT2D eigenvalue weighted by Crippen LogP contribution is 2.24. The van der Waals surface area contributed by atoms with Crippen molar-refractivity contribution in [3.05, 3.63) is 24.3 Å². The summed E-state index contributed by atoms with van der Waals surface area (Å²) in [5.41, 5.74) is 0.441. The third-order valence-electron chi connectivity index (χ3n) is 4.23. The van der Waals surface area contributed by atoms with E-state index < -0.39 is 6.36 Å². The van der Waals surface area contributed by atoms with Crippen LogP contribution in [-0.2, 0) is 4.79 Å². The third kappa shape index (κ3) is 6.21. The molecule has 1 saturated heterocycles. The van der Waals surface area contributed by atoms with Crippen LogP contribution in [0.15, 0.2) is 24.3 Å². The van der Waals surface area contributed by atoms with Gasteiger partial charge in [0.25, 0.3) is 0 Å². The molecule has 1 aliphatic heterocycles. The van der Waals surface area contributed by atoms with E-state index >= 15 is 0 Å². The quantitative estimate of drug-likeness (QED) is 0.848. The van der Waals surface area contributed by atoms with Gasteiger partial charge in [0, 0.05) is 31.9 Å². The van der Waals surface area contributed by atoms with Gasteiger partial charge in [-0.25, -0.2) is 0 Å². The fourth-order valence-corrected chi connectivity index (χ4v) is 2.84. The molecule has 0 spiro atoms. The molecule has 0 radical (unpaired) electrons. The molecule has 1 atom stereocenters. The van der Waals surface area contributed by atoms with E-state index in [9.17, 15) is 18.0 Å². The highest BCUT2D eigenvalue weighted by Gasteiger charge is 2.31. The lowest BCUT2D eigenvalue weighted by Gasteiger charge is -2.37. The average Bonchev–Trinajstić information content (AvgIpc) is 2.55. The molecule has 25 heavy (non-hydrogen) atoms. The zero-order chi connectivity index (χ0) is 18.4. The van der Waals surface area contributed by atoms with Crippen LogP contribution in [0.25, 0.3) is 0 Å². The van der Waals surface area contributed by atoms with Crippen molar-refractivity contribution in [3.63, 3.8) is 0 Å². The third-order valence-corrected chi connectivity index (χ3v) is 4.23. The van der Waals surface area contributed by atoms with E-state index in [0.29, 0.717) is 5.69 Å². The van der Waals surface area contributed by atoms with Crippen molar-refractivity contribution in [1.29, 1.82) is 0 Å². The Labute approximate surface area is 145 Å². The second kappa shape index (κ2) is 8.53. The molecular weight excluding hydrogens is 335 g/mol. The summed E-state index contributed by atoms with van der Waals surface area (Å²) in [7, 11) is 0. The molecule has 8 heteroatoms. The first-order valence-corrected chi connectivity index (χ1v) is 8.41. The molecule has 1 aliphatic rings.